The number of carbonyl (C=O) groups excluding carboxylic acids is 1. The lowest BCUT2D eigenvalue weighted by molar-refractivity contribution is -0.112. The minimum Gasteiger partial charge on any atom is -0.493 e. The number of carbonyl (C=O) groups is 1. The van der Waals surface area contributed by atoms with Gasteiger partial charge in [0.2, 0.25) is 0 Å². The number of hydrogen-bond acceptors (Lipinski definition) is 5. The van der Waals surface area contributed by atoms with E-state index in [0.717, 1.165) is 52.7 Å². The fraction of sp³-hybridized carbons (Fsp3) is 0.194. The summed E-state index contributed by atoms with van der Waals surface area (Å²) >= 11 is 0. The predicted octanol–water partition coefficient (Wildman–Crippen LogP) is 8.08. The van der Waals surface area contributed by atoms with Gasteiger partial charge in [-0.05, 0) is 77.9 Å². The molecule has 0 unspecified atom stereocenters. The molecule has 5 heteroatoms. The predicted molar refractivity (Wildman–Crippen MR) is 162 cm³/mol. The average molecular weight is 547 g/mol. The largest absolute Gasteiger partial charge is 0.493 e. The highest BCUT2D eigenvalue weighted by Gasteiger charge is 2.21. The molecule has 4 aromatic carbocycles. The summed E-state index contributed by atoms with van der Waals surface area (Å²) in [6.07, 6.45) is 6.30. The Bertz CT molecular complexity index is 1420. The summed E-state index contributed by atoms with van der Waals surface area (Å²) in [5.74, 6) is 2.67. The summed E-state index contributed by atoms with van der Waals surface area (Å²) in [6.45, 7) is 0.907. The van der Waals surface area contributed by atoms with E-state index in [4.69, 9.17) is 18.9 Å². The number of rotatable bonds is 10. The number of methoxy groups -OCH3 is 2. The number of hydrogen-bond donors (Lipinski definition) is 0. The quantitative estimate of drug-likeness (QED) is 0.188. The first-order valence-electron chi connectivity index (χ1n) is 13.8. The van der Waals surface area contributed by atoms with Crippen LogP contribution in [0.2, 0.25) is 0 Å². The summed E-state index contributed by atoms with van der Waals surface area (Å²) in [6, 6.07) is 31.5. The first-order valence-corrected chi connectivity index (χ1v) is 13.8. The second-order valence-electron chi connectivity index (χ2n) is 9.89. The van der Waals surface area contributed by atoms with Crippen molar-refractivity contribution < 1.29 is 23.7 Å². The number of Topliss-reactive ketones (excluding diaryl/α,β-unsaturated/α-hetero) is 1. The summed E-state index contributed by atoms with van der Waals surface area (Å²) in [5.41, 5.74) is 5.55. The number of ether oxygens (including phenoxy) is 4. The molecule has 1 aliphatic carbocycles. The van der Waals surface area contributed by atoms with E-state index in [-0.39, 0.29) is 5.78 Å². The van der Waals surface area contributed by atoms with Crippen molar-refractivity contribution in [3.8, 4) is 23.0 Å². The molecule has 208 valence electrons. The normalized spacial score (nSPS) is 15.1. The van der Waals surface area contributed by atoms with Gasteiger partial charge in [0.15, 0.2) is 28.8 Å². The van der Waals surface area contributed by atoms with E-state index in [9.17, 15) is 4.79 Å². The van der Waals surface area contributed by atoms with Crippen LogP contribution in [0.5, 0.6) is 23.0 Å². The third kappa shape index (κ3) is 7.25. The number of allylic oxidation sites excluding steroid dienone is 2. The molecule has 0 saturated heterocycles. The molecule has 0 amide bonds. The van der Waals surface area contributed by atoms with Gasteiger partial charge in [0.1, 0.15) is 13.2 Å². The highest BCUT2D eigenvalue weighted by atomic mass is 16.5. The van der Waals surface area contributed by atoms with E-state index in [1.807, 2.05) is 109 Å². The van der Waals surface area contributed by atoms with Gasteiger partial charge in [-0.25, -0.2) is 0 Å². The van der Waals surface area contributed by atoms with Gasteiger partial charge in [-0.2, -0.15) is 0 Å². The molecule has 0 spiro atoms. The van der Waals surface area contributed by atoms with Crippen LogP contribution in [0.15, 0.2) is 108 Å². The molecule has 0 N–H and O–H groups in total. The molecule has 41 heavy (non-hydrogen) atoms. The van der Waals surface area contributed by atoms with Crippen LogP contribution in [-0.4, -0.2) is 20.0 Å². The van der Waals surface area contributed by atoms with Gasteiger partial charge in [0, 0.05) is 11.1 Å². The number of ketones is 1. The first-order chi connectivity index (χ1) is 20.1. The SMILES string of the molecule is COc1cc(/C=C2\CCC/C(=C\c3ccc(OCc4ccccc4)c(OC)c3)C2=O)ccc1OCc1ccccc1. The second-order valence-corrected chi connectivity index (χ2v) is 9.89. The Labute approximate surface area is 241 Å². The molecule has 0 bridgehead atoms. The maximum atomic E-state index is 13.4. The van der Waals surface area contributed by atoms with Crippen molar-refractivity contribution in [2.24, 2.45) is 0 Å². The van der Waals surface area contributed by atoms with Crippen molar-refractivity contribution >= 4 is 17.9 Å². The van der Waals surface area contributed by atoms with Crippen LogP contribution in [0, 0.1) is 0 Å². The molecule has 0 heterocycles. The van der Waals surface area contributed by atoms with E-state index in [1.165, 1.54) is 0 Å². The van der Waals surface area contributed by atoms with Crippen molar-refractivity contribution in [2.75, 3.05) is 14.2 Å². The maximum absolute atomic E-state index is 13.4. The van der Waals surface area contributed by atoms with Gasteiger partial charge in [-0.3, -0.25) is 4.79 Å². The fourth-order valence-corrected chi connectivity index (χ4v) is 4.84. The van der Waals surface area contributed by atoms with Gasteiger partial charge in [-0.15, -0.1) is 0 Å². The van der Waals surface area contributed by atoms with Crippen LogP contribution in [0.4, 0.5) is 0 Å². The van der Waals surface area contributed by atoms with Gasteiger partial charge >= 0.3 is 0 Å². The van der Waals surface area contributed by atoms with Crippen molar-refractivity contribution in [1.82, 2.24) is 0 Å². The molecular weight excluding hydrogens is 512 g/mol. The van der Waals surface area contributed by atoms with Crippen LogP contribution >= 0.6 is 0 Å². The lowest BCUT2D eigenvalue weighted by Gasteiger charge is -2.17. The highest BCUT2D eigenvalue weighted by molar-refractivity contribution is 6.14. The third-order valence-electron chi connectivity index (χ3n) is 7.01. The Morgan fingerprint density at radius 1 is 0.585 bits per heavy atom. The summed E-state index contributed by atoms with van der Waals surface area (Å²) in [7, 11) is 3.25. The summed E-state index contributed by atoms with van der Waals surface area (Å²) in [4.78, 5) is 13.4. The van der Waals surface area contributed by atoms with Crippen LogP contribution in [0.1, 0.15) is 41.5 Å². The second kappa shape index (κ2) is 13.5. The zero-order valence-corrected chi connectivity index (χ0v) is 23.5. The molecule has 1 saturated carbocycles. The van der Waals surface area contributed by atoms with Crippen molar-refractivity contribution in [3.63, 3.8) is 0 Å². The van der Waals surface area contributed by atoms with Gasteiger partial charge in [0.25, 0.3) is 0 Å². The Morgan fingerprint density at radius 3 is 1.44 bits per heavy atom. The lowest BCUT2D eigenvalue weighted by atomic mass is 9.87. The summed E-state index contributed by atoms with van der Waals surface area (Å²) < 4.78 is 23.2. The Hall–Kier alpha value is -4.77. The molecule has 0 aromatic heterocycles. The fourth-order valence-electron chi connectivity index (χ4n) is 4.84. The Kier molecular flexibility index (Phi) is 9.17. The van der Waals surface area contributed by atoms with E-state index in [2.05, 4.69) is 0 Å². The number of benzene rings is 4. The van der Waals surface area contributed by atoms with Crippen molar-refractivity contribution in [1.29, 1.82) is 0 Å². The van der Waals surface area contributed by atoms with Crippen LogP contribution in [0.3, 0.4) is 0 Å². The highest BCUT2D eigenvalue weighted by Crippen LogP contribution is 2.34. The van der Waals surface area contributed by atoms with Crippen molar-refractivity contribution in [2.45, 2.75) is 32.5 Å². The van der Waals surface area contributed by atoms with Crippen LogP contribution < -0.4 is 18.9 Å². The van der Waals surface area contributed by atoms with E-state index in [0.29, 0.717) is 36.2 Å². The molecule has 1 fully saturated rings. The topological polar surface area (TPSA) is 54.0 Å². The zero-order valence-electron chi connectivity index (χ0n) is 23.5. The zero-order chi connectivity index (χ0) is 28.4. The smallest absolute Gasteiger partial charge is 0.185 e. The summed E-state index contributed by atoms with van der Waals surface area (Å²) in [5, 5.41) is 0. The van der Waals surface area contributed by atoms with E-state index >= 15 is 0 Å². The van der Waals surface area contributed by atoms with Gasteiger partial charge in [-0.1, -0.05) is 72.8 Å². The van der Waals surface area contributed by atoms with Gasteiger partial charge in [0.05, 0.1) is 14.2 Å². The molecule has 5 nitrogen and oxygen atoms in total. The molecule has 5 rings (SSSR count). The van der Waals surface area contributed by atoms with Crippen LogP contribution in [-0.2, 0) is 18.0 Å². The Morgan fingerprint density at radius 2 is 1.02 bits per heavy atom. The lowest BCUT2D eigenvalue weighted by Crippen LogP contribution is -2.12. The molecule has 1 aliphatic rings. The molecule has 0 radical (unpaired) electrons. The monoisotopic (exact) mass is 546 g/mol. The minimum atomic E-state index is 0.0722. The average Bonchev–Trinajstić information content (AvgIpc) is 3.02. The molecule has 0 aliphatic heterocycles. The van der Waals surface area contributed by atoms with E-state index in [1.54, 1.807) is 14.2 Å². The third-order valence-corrected chi connectivity index (χ3v) is 7.01. The molecule has 0 atom stereocenters. The molecule has 4 aromatic rings. The minimum absolute atomic E-state index is 0.0722. The van der Waals surface area contributed by atoms with E-state index < -0.39 is 0 Å². The Balaban J connectivity index is 1.29. The van der Waals surface area contributed by atoms with Crippen molar-refractivity contribution in [3.05, 3.63) is 130 Å². The molecular formula is C36H34O5. The first kappa shape index (κ1) is 27.8. The van der Waals surface area contributed by atoms with Crippen LogP contribution in [0.25, 0.3) is 12.2 Å². The maximum Gasteiger partial charge on any atom is 0.185 e. The standard InChI is InChI=1S/C36H34O5/c1-38-34-22-28(16-18-32(34)40-24-26-10-5-3-6-11-26)20-30-14-9-15-31(36(30)37)21-29-17-19-33(35(23-29)39-2)41-25-27-12-7-4-8-13-27/h3-8,10-13,16-23H,9,14-15,24-25H2,1-2H3/b30-20+,31-21+. The van der Waals surface area contributed by atoms with Gasteiger partial charge < -0.3 is 18.9 Å².